The van der Waals surface area contributed by atoms with Crippen LogP contribution in [-0.2, 0) is 19.6 Å². The van der Waals surface area contributed by atoms with Gasteiger partial charge in [-0.15, -0.1) is 0 Å². The molecule has 0 unspecified atom stereocenters. The molecule has 1 aromatic carbocycles. The van der Waals surface area contributed by atoms with Gasteiger partial charge in [-0.2, -0.15) is 0 Å². The molecule has 0 saturated carbocycles. The first-order valence-electron chi connectivity index (χ1n) is 6.84. The summed E-state index contributed by atoms with van der Waals surface area (Å²) in [6.45, 7) is 0.854. The van der Waals surface area contributed by atoms with Crippen LogP contribution in [0.5, 0.6) is 0 Å². The summed E-state index contributed by atoms with van der Waals surface area (Å²) in [5, 5.41) is 2.64. The van der Waals surface area contributed by atoms with Crippen molar-refractivity contribution in [3.05, 3.63) is 30.1 Å². The van der Waals surface area contributed by atoms with Crippen molar-refractivity contribution < 1.29 is 22.3 Å². The molecular weight excluding hydrogens is 311 g/mol. The topological polar surface area (TPSA) is 75.7 Å². The number of amides is 1. The van der Waals surface area contributed by atoms with Crippen LogP contribution in [-0.4, -0.2) is 47.4 Å². The van der Waals surface area contributed by atoms with Gasteiger partial charge in [0.1, 0.15) is 5.82 Å². The van der Waals surface area contributed by atoms with Gasteiger partial charge < -0.3 is 10.1 Å². The molecule has 0 fully saturated rings. The molecule has 0 spiro atoms. The minimum absolute atomic E-state index is 0.00945. The van der Waals surface area contributed by atoms with Crippen molar-refractivity contribution in [3.8, 4) is 0 Å². The van der Waals surface area contributed by atoms with E-state index in [0.29, 0.717) is 19.6 Å². The van der Waals surface area contributed by atoms with Gasteiger partial charge in [0.05, 0.1) is 18.6 Å². The maximum Gasteiger partial charge on any atom is 0.232 e. The number of anilines is 1. The molecule has 6 nitrogen and oxygen atoms in total. The zero-order chi connectivity index (χ0) is 16.6. The molecule has 0 radical (unpaired) electrons. The lowest BCUT2D eigenvalue weighted by Crippen LogP contribution is -2.33. The number of halogens is 1. The van der Waals surface area contributed by atoms with E-state index in [4.69, 9.17) is 4.74 Å². The Morgan fingerprint density at radius 3 is 2.64 bits per heavy atom. The second kappa shape index (κ2) is 8.70. The fourth-order valence-corrected chi connectivity index (χ4v) is 2.85. The van der Waals surface area contributed by atoms with Crippen LogP contribution >= 0.6 is 0 Å². The lowest BCUT2D eigenvalue weighted by Gasteiger charge is -2.22. The predicted octanol–water partition coefficient (Wildman–Crippen LogP) is 1.13. The molecule has 0 aliphatic carbocycles. The van der Waals surface area contributed by atoms with Crippen molar-refractivity contribution in [1.82, 2.24) is 5.32 Å². The summed E-state index contributed by atoms with van der Waals surface area (Å²) in [7, 11) is -2.09. The molecule has 1 amide bonds. The lowest BCUT2D eigenvalue weighted by molar-refractivity contribution is -0.121. The largest absolute Gasteiger partial charge is 0.383 e. The van der Waals surface area contributed by atoms with Crippen LogP contribution in [0.15, 0.2) is 24.3 Å². The molecule has 0 aliphatic heterocycles. The summed E-state index contributed by atoms with van der Waals surface area (Å²) in [4.78, 5) is 11.5. The van der Waals surface area contributed by atoms with E-state index in [1.165, 1.54) is 25.3 Å². The van der Waals surface area contributed by atoms with Crippen LogP contribution in [0.1, 0.15) is 12.8 Å². The zero-order valence-corrected chi connectivity index (χ0v) is 13.5. The van der Waals surface area contributed by atoms with Crippen LogP contribution in [0.25, 0.3) is 0 Å². The normalized spacial score (nSPS) is 11.2. The van der Waals surface area contributed by atoms with Gasteiger partial charge in [-0.3, -0.25) is 9.10 Å². The highest BCUT2D eigenvalue weighted by atomic mass is 32.2. The molecule has 0 saturated heterocycles. The van der Waals surface area contributed by atoms with E-state index < -0.39 is 15.8 Å². The monoisotopic (exact) mass is 332 g/mol. The number of ether oxygens (including phenoxy) is 1. The highest BCUT2D eigenvalue weighted by Crippen LogP contribution is 2.21. The maximum atomic E-state index is 13.8. The van der Waals surface area contributed by atoms with Crippen molar-refractivity contribution in [2.24, 2.45) is 0 Å². The zero-order valence-electron chi connectivity index (χ0n) is 12.7. The number of methoxy groups -OCH3 is 1. The lowest BCUT2D eigenvalue weighted by atomic mass is 10.2. The van der Waals surface area contributed by atoms with E-state index in [-0.39, 0.29) is 24.6 Å². The van der Waals surface area contributed by atoms with E-state index in [1.54, 1.807) is 6.07 Å². The summed E-state index contributed by atoms with van der Waals surface area (Å²) in [6, 6.07) is 5.65. The van der Waals surface area contributed by atoms with Gasteiger partial charge in [0, 0.05) is 26.6 Å². The van der Waals surface area contributed by atoms with E-state index in [0.717, 1.165) is 10.6 Å². The summed E-state index contributed by atoms with van der Waals surface area (Å²) in [5.41, 5.74) is -0.00945. The Hall–Kier alpha value is -1.67. The van der Waals surface area contributed by atoms with Crippen molar-refractivity contribution >= 4 is 21.6 Å². The van der Waals surface area contributed by atoms with Gasteiger partial charge >= 0.3 is 0 Å². The van der Waals surface area contributed by atoms with Gasteiger partial charge in [0.25, 0.3) is 0 Å². The number of sulfonamides is 1. The molecule has 0 heterocycles. The van der Waals surface area contributed by atoms with Crippen LogP contribution < -0.4 is 9.62 Å². The number of nitrogens with one attached hydrogen (secondary N) is 1. The third kappa shape index (κ3) is 5.98. The molecular formula is C14H21FN2O4S. The Labute approximate surface area is 130 Å². The SMILES string of the molecule is COCCNC(=O)CCCN(c1ccccc1F)S(C)(=O)=O. The first-order chi connectivity index (χ1) is 10.4. The molecule has 0 atom stereocenters. The van der Waals surface area contributed by atoms with Crippen LogP contribution in [0.4, 0.5) is 10.1 Å². The average molecular weight is 332 g/mol. The van der Waals surface area contributed by atoms with Crippen molar-refractivity contribution in [2.45, 2.75) is 12.8 Å². The number of nitrogens with zero attached hydrogens (tertiary/aromatic N) is 1. The maximum absolute atomic E-state index is 13.8. The highest BCUT2D eigenvalue weighted by molar-refractivity contribution is 7.92. The fourth-order valence-electron chi connectivity index (χ4n) is 1.88. The average Bonchev–Trinajstić information content (AvgIpc) is 2.44. The molecule has 8 heteroatoms. The van der Waals surface area contributed by atoms with Crippen molar-refractivity contribution in [1.29, 1.82) is 0 Å². The molecule has 0 aliphatic rings. The molecule has 22 heavy (non-hydrogen) atoms. The van der Waals surface area contributed by atoms with Gasteiger partial charge in [-0.25, -0.2) is 12.8 Å². The van der Waals surface area contributed by atoms with Crippen LogP contribution in [0.2, 0.25) is 0 Å². The van der Waals surface area contributed by atoms with Gasteiger partial charge in [-0.1, -0.05) is 12.1 Å². The van der Waals surface area contributed by atoms with E-state index in [1.807, 2.05) is 0 Å². The smallest absolute Gasteiger partial charge is 0.232 e. The standard InChI is InChI=1S/C14H21FN2O4S/c1-21-11-9-16-14(18)8-5-10-17(22(2,19)20)13-7-4-3-6-12(13)15/h3-4,6-7H,5,8-11H2,1-2H3,(H,16,18). The van der Waals surface area contributed by atoms with E-state index in [2.05, 4.69) is 5.32 Å². The molecule has 0 bridgehead atoms. The molecule has 0 aromatic heterocycles. The predicted molar refractivity (Wildman–Crippen MR) is 82.7 cm³/mol. The number of hydrogen-bond acceptors (Lipinski definition) is 4. The number of hydrogen-bond donors (Lipinski definition) is 1. The Balaban J connectivity index is 2.62. The van der Waals surface area contributed by atoms with Gasteiger partial charge in [-0.05, 0) is 18.6 Å². The van der Waals surface area contributed by atoms with Crippen LogP contribution in [0.3, 0.4) is 0 Å². The number of carbonyl (C=O) groups excluding carboxylic acids is 1. The summed E-state index contributed by atoms with van der Waals surface area (Å²) >= 11 is 0. The van der Waals surface area contributed by atoms with E-state index in [9.17, 15) is 17.6 Å². The second-order valence-corrected chi connectivity index (χ2v) is 6.64. The Morgan fingerprint density at radius 1 is 1.36 bits per heavy atom. The highest BCUT2D eigenvalue weighted by Gasteiger charge is 2.20. The number of carbonyl (C=O) groups is 1. The molecule has 1 aromatic rings. The minimum Gasteiger partial charge on any atom is -0.383 e. The summed E-state index contributed by atoms with van der Waals surface area (Å²) in [5.74, 6) is -0.809. The first kappa shape index (κ1) is 18.4. The minimum atomic E-state index is -3.62. The van der Waals surface area contributed by atoms with Gasteiger partial charge in [0.15, 0.2) is 0 Å². The molecule has 124 valence electrons. The molecule has 1 rings (SSSR count). The third-order valence-electron chi connectivity index (χ3n) is 2.91. The Bertz CT molecular complexity index is 592. The Kier molecular flexibility index (Phi) is 7.26. The first-order valence-corrected chi connectivity index (χ1v) is 8.69. The summed E-state index contributed by atoms with van der Waals surface area (Å²) < 4.78 is 43.2. The quantitative estimate of drug-likeness (QED) is 0.688. The van der Waals surface area contributed by atoms with Crippen molar-refractivity contribution in [3.63, 3.8) is 0 Å². The van der Waals surface area contributed by atoms with Gasteiger partial charge in [0.2, 0.25) is 15.9 Å². The summed E-state index contributed by atoms with van der Waals surface area (Å²) in [6.07, 6.45) is 1.46. The number of para-hydroxylation sites is 1. The Morgan fingerprint density at radius 2 is 2.05 bits per heavy atom. The third-order valence-corrected chi connectivity index (χ3v) is 4.09. The molecule has 1 N–H and O–H groups in total. The van der Waals surface area contributed by atoms with Crippen LogP contribution in [0, 0.1) is 5.82 Å². The van der Waals surface area contributed by atoms with E-state index >= 15 is 0 Å². The van der Waals surface area contributed by atoms with Crippen molar-refractivity contribution in [2.75, 3.05) is 37.4 Å². The number of benzene rings is 1. The fraction of sp³-hybridized carbons (Fsp3) is 0.500. The number of rotatable bonds is 9. The second-order valence-electron chi connectivity index (χ2n) is 4.73.